The fourth-order valence-corrected chi connectivity index (χ4v) is 1.57. The minimum Gasteiger partial charge on any atom is -0.495 e. The van der Waals surface area contributed by atoms with Crippen LogP contribution in [0.1, 0.15) is 0 Å². The highest BCUT2D eigenvalue weighted by Crippen LogP contribution is 2.26. The Morgan fingerprint density at radius 1 is 1.21 bits per heavy atom. The molecule has 0 bridgehead atoms. The molecule has 1 aromatic heterocycles. The van der Waals surface area contributed by atoms with Crippen LogP contribution < -0.4 is 4.74 Å². The second-order valence-corrected chi connectivity index (χ2v) is 3.32. The smallest absolute Gasteiger partial charge is 0.137 e. The second kappa shape index (κ2) is 3.76. The highest BCUT2D eigenvalue weighted by Gasteiger charge is 2.01. The molecule has 0 N–H and O–H groups in total. The Labute approximate surface area is 87.7 Å². The topological polar surface area (TPSA) is 14.2 Å². The first-order chi connectivity index (χ1) is 6.81. The van der Waals surface area contributed by atoms with Crippen LogP contribution in [-0.4, -0.2) is 11.7 Å². The van der Waals surface area contributed by atoms with Gasteiger partial charge in [0.1, 0.15) is 5.75 Å². The summed E-state index contributed by atoms with van der Waals surface area (Å²) in [5.74, 6) is 0.697. The molecule has 0 saturated heterocycles. The normalized spacial score (nSPS) is 10.1. The van der Waals surface area contributed by atoms with E-state index in [4.69, 9.17) is 16.3 Å². The highest BCUT2D eigenvalue weighted by atomic mass is 35.5. The number of rotatable bonds is 2. The van der Waals surface area contributed by atoms with Crippen LogP contribution >= 0.6 is 11.6 Å². The van der Waals surface area contributed by atoms with Crippen molar-refractivity contribution < 1.29 is 4.74 Å². The van der Waals surface area contributed by atoms with Crippen LogP contribution in [0, 0.1) is 0 Å². The molecule has 2 aromatic rings. The molecule has 0 aliphatic heterocycles. The Bertz CT molecular complexity index is 423. The Morgan fingerprint density at radius 3 is 2.50 bits per heavy atom. The van der Waals surface area contributed by atoms with Gasteiger partial charge in [0.25, 0.3) is 0 Å². The lowest BCUT2D eigenvalue weighted by Gasteiger charge is -2.06. The minimum atomic E-state index is 0.624. The second-order valence-electron chi connectivity index (χ2n) is 2.91. The van der Waals surface area contributed by atoms with Gasteiger partial charge in [0.05, 0.1) is 12.1 Å². The maximum atomic E-state index is 6.01. The SMILES string of the molecule is COc1ccc(-n2cccc2)cc1Cl. The Kier molecular flexibility index (Phi) is 2.46. The summed E-state index contributed by atoms with van der Waals surface area (Å²) in [6.07, 6.45) is 3.94. The average molecular weight is 208 g/mol. The van der Waals surface area contributed by atoms with Gasteiger partial charge in [-0.25, -0.2) is 0 Å². The molecule has 0 aliphatic rings. The van der Waals surface area contributed by atoms with Crippen molar-refractivity contribution >= 4 is 11.6 Å². The molecule has 0 amide bonds. The summed E-state index contributed by atoms with van der Waals surface area (Å²) in [7, 11) is 1.61. The van der Waals surface area contributed by atoms with E-state index >= 15 is 0 Å². The van der Waals surface area contributed by atoms with Gasteiger partial charge in [-0.05, 0) is 30.3 Å². The fraction of sp³-hybridized carbons (Fsp3) is 0.0909. The van der Waals surface area contributed by atoms with Crippen molar-refractivity contribution in [2.45, 2.75) is 0 Å². The van der Waals surface area contributed by atoms with Crippen LogP contribution in [0.2, 0.25) is 5.02 Å². The molecule has 0 unspecified atom stereocenters. The highest BCUT2D eigenvalue weighted by molar-refractivity contribution is 6.32. The van der Waals surface area contributed by atoms with Gasteiger partial charge in [0.15, 0.2) is 0 Å². The first-order valence-electron chi connectivity index (χ1n) is 4.28. The Balaban J connectivity index is 2.43. The molecule has 1 heterocycles. The molecular formula is C11H10ClNO. The van der Waals surface area contributed by atoms with Crippen molar-refractivity contribution in [2.24, 2.45) is 0 Å². The molecule has 72 valence electrons. The number of benzene rings is 1. The maximum Gasteiger partial charge on any atom is 0.137 e. The van der Waals surface area contributed by atoms with E-state index in [1.54, 1.807) is 7.11 Å². The van der Waals surface area contributed by atoms with E-state index in [-0.39, 0.29) is 0 Å². The van der Waals surface area contributed by atoms with E-state index in [0.29, 0.717) is 10.8 Å². The summed E-state index contributed by atoms with van der Waals surface area (Å²) in [5, 5.41) is 0.624. The lowest BCUT2D eigenvalue weighted by molar-refractivity contribution is 0.415. The predicted molar refractivity (Wildman–Crippen MR) is 57.3 cm³/mol. The molecule has 0 atom stereocenters. The summed E-state index contributed by atoms with van der Waals surface area (Å²) >= 11 is 6.01. The summed E-state index contributed by atoms with van der Waals surface area (Å²) in [5.41, 5.74) is 1.03. The first kappa shape index (κ1) is 9.16. The largest absolute Gasteiger partial charge is 0.495 e. The summed E-state index contributed by atoms with van der Waals surface area (Å²) in [6, 6.07) is 9.64. The van der Waals surface area contributed by atoms with Crippen molar-refractivity contribution in [3.05, 3.63) is 47.7 Å². The lowest BCUT2D eigenvalue weighted by Crippen LogP contribution is -1.90. The summed E-state index contributed by atoms with van der Waals surface area (Å²) in [4.78, 5) is 0. The van der Waals surface area contributed by atoms with Crippen LogP contribution in [-0.2, 0) is 0 Å². The molecule has 0 spiro atoms. The van der Waals surface area contributed by atoms with E-state index in [2.05, 4.69) is 0 Å². The average Bonchev–Trinajstić information content (AvgIpc) is 2.70. The fourth-order valence-electron chi connectivity index (χ4n) is 1.32. The molecule has 0 fully saturated rings. The van der Waals surface area contributed by atoms with Gasteiger partial charge >= 0.3 is 0 Å². The van der Waals surface area contributed by atoms with Gasteiger partial charge in [-0.15, -0.1) is 0 Å². The predicted octanol–water partition coefficient (Wildman–Crippen LogP) is 3.14. The number of hydrogen-bond acceptors (Lipinski definition) is 1. The van der Waals surface area contributed by atoms with Crippen molar-refractivity contribution in [3.8, 4) is 11.4 Å². The maximum absolute atomic E-state index is 6.01. The zero-order chi connectivity index (χ0) is 9.97. The Hall–Kier alpha value is -1.41. The first-order valence-corrected chi connectivity index (χ1v) is 4.66. The third-order valence-electron chi connectivity index (χ3n) is 2.04. The van der Waals surface area contributed by atoms with E-state index < -0.39 is 0 Å². The number of aromatic nitrogens is 1. The van der Waals surface area contributed by atoms with E-state index in [0.717, 1.165) is 5.69 Å². The lowest BCUT2D eigenvalue weighted by atomic mass is 10.3. The van der Waals surface area contributed by atoms with Gasteiger partial charge in [-0.1, -0.05) is 11.6 Å². The minimum absolute atomic E-state index is 0.624. The van der Waals surface area contributed by atoms with Crippen molar-refractivity contribution in [2.75, 3.05) is 7.11 Å². The summed E-state index contributed by atoms with van der Waals surface area (Å²) in [6.45, 7) is 0. The summed E-state index contributed by atoms with van der Waals surface area (Å²) < 4.78 is 7.07. The quantitative estimate of drug-likeness (QED) is 0.738. The molecule has 0 saturated carbocycles. The van der Waals surface area contributed by atoms with Gasteiger partial charge in [0.2, 0.25) is 0 Å². The monoisotopic (exact) mass is 207 g/mol. The number of nitrogens with zero attached hydrogens (tertiary/aromatic N) is 1. The van der Waals surface area contributed by atoms with Crippen molar-refractivity contribution in [1.29, 1.82) is 0 Å². The van der Waals surface area contributed by atoms with E-state index in [9.17, 15) is 0 Å². The van der Waals surface area contributed by atoms with Crippen molar-refractivity contribution in [1.82, 2.24) is 4.57 Å². The number of hydrogen-bond donors (Lipinski definition) is 0. The van der Waals surface area contributed by atoms with E-state index in [1.807, 2.05) is 47.3 Å². The third kappa shape index (κ3) is 1.61. The van der Waals surface area contributed by atoms with Crippen LogP contribution in [0.3, 0.4) is 0 Å². The molecule has 1 aromatic carbocycles. The van der Waals surface area contributed by atoms with Crippen LogP contribution in [0.25, 0.3) is 5.69 Å². The third-order valence-corrected chi connectivity index (χ3v) is 2.33. The molecule has 0 aliphatic carbocycles. The number of ether oxygens (including phenoxy) is 1. The van der Waals surface area contributed by atoms with Gasteiger partial charge < -0.3 is 9.30 Å². The van der Waals surface area contributed by atoms with Crippen LogP contribution in [0.15, 0.2) is 42.7 Å². The van der Waals surface area contributed by atoms with Crippen molar-refractivity contribution in [3.63, 3.8) is 0 Å². The molecule has 2 nitrogen and oxygen atoms in total. The Morgan fingerprint density at radius 2 is 1.93 bits per heavy atom. The van der Waals surface area contributed by atoms with Crippen LogP contribution in [0.5, 0.6) is 5.75 Å². The molecule has 3 heteroatoms. The zero-order valence-electron chi connectivity index (χ0n) is 7.77. The standard InChI is InChI=1S/C11H10ClNO/c1-14-11-5-4-9(8-10(11)12)13-6-2-3-7-13/h2-8H,1H3. The van der Waals surface area contributed by atoms with Crippen LogP contribution in [0.4, 0.5) is 0 Å². The number of methoxy groups -OCH3 is 1. The molecule has 14 heavy (non-hydrogen) atoms. The molecular weight excluding hydrogens is 198 g/mol. The van der Waals surface area contributed by atoms with Gasteiger partial charge in [-0.3, -0.25) is 0 Å². The van der Waals surface area contributed by atoms with Gasteiger partial charge in [-0.2, -0.15) is 0 Å². The van der Waals surface area contributed by atoms with E-state index in [1.165, 1.54) is 0 Å². The molecule has 2 rings (SSSR count). The van der Waals surface area contributed by atoms with Gasteiger partial charge in [0, 0.05) is 18.1 Å². The number of halogens is 1. The molecule has 0 radical (unpaired) electrons. The zero-order valence-corrected chi connectivity index (χ0v) is 8.53.